The van der Waals surface area contributed by atoms with E-state index >= 15 is 0 Å². The maximum Gasteiger partial charge on any atom is 0.267 e. The van der Waals surface area contributed by atoms with E-state index in [1.165, 1.54) is 0 Å². The van der Waals surface area contributed by atoms with E-state index in [1.807, 2.05) is 68.4 Å². The summed E-state index contributed by atoms with van der Waals surface area (Å²) in [5, 5.41) is 5.64. The lowest BCUT2D eigenvalue weighted by atomic mass is 10.1. The summed E-state index contributed by atoms with van der Waals surface area (Å²) < 4.78 is 5.68. The first kappa shape index (κ1) is 23.8. The molecule has 0 saturated heterocycles. The molecule has 35 heavy (non-hydrogen) atoms. The third-order valence-electron chi connectivity index (χ3n) is 5.18. The first-order valence-electron chi connectivity index (χ1n) is 11.5. The zero-order valence-corrected chi connectivity index (χ0v) is 19.7. The summed E-state index contributed by atoms with van der Waals surface area (Å²) in [6, 6.07) is 23.9. The second-order valence-corrected chi connectivity index (χ2v) is 8.32. The van der Waals surface area contributed by atoms with Gasteiger partial charge < -0.3 is 20.4 Å². The summed E-state index contributed by atoms with van der Waals surface area (Å²) >= 11 is 0. The highest BCUT2D eigenvalue weighted by atomic mass is 16.5. The molecule has 0 atom stereocenters. The van der Waals surface area contributed by atoms with Crippen molar-refractivity contribution < 1.29 is 14.3 Å². The molecule has 1 aromatic heterocycles. The lowest BCUT2D eigenvalue weighted by Gasteiger charge is -2.12. The van der Waals surface area contributed by atoms with Crippen molar-refractivity contribution in [2.24, 2.45) is 0 Å². The molecule has 0 fully saturated rings. The SMILES string of the molecule is CC(C)Oc1ccc(C=C(NC(=O)c2ccccc2)C(=O)NCCc2nc3ccccc3[nH]2)cc1. The molecule has 178 valence electrons. The molecule has 0 aliphatic carbocycles. The second kappa shape index (κ2) is 11.2. The van der Waals surface area contributed by atoms with Gasteiger partial charge in [-0.25, -0.2) is 4.98 Å². The number of carbonyl (C=O) groups is 2. The van der Waals surface area contributed by atoms with E-state index in [9.17, 15) is 9.59 Å². The van der Waals surface area contributed by atoms with Gasteiger partial charge in [-0.1, -0.05) is 42.5 Å². The van der Waals surface area contributed by atoms with Crippen LogP contribution >= 0.6 is 0 Å². The lowest BCUT2D eigenvalue weighted by molar-refractivity contribution is -0.117. The van der Waals surface area contributed by atoms with Crippen molar-refractivity contribution in [3.8, 4) is 5.75 Å². The highest BCUT2D eigenvalue weighted by Crippen LogP contribution is 2.16. The predicted octanol–water partition coefficient (Wildman–Crippen LogP) is 4.48. The molecule has 0 aliphatic heterocycles. The van der Waals surface area contributed by atoms with Gasteiger partial charge in [0.25, 0.3) is 11.8 Å². The zero-order chi connectivity index (χ0) is 24.6. The number of para-hydroxylation sites is 2. The lowest BCUT2D eigenvalue weighted by Crippen LogP contribution is -2.35. The quantitative estimate of drug-likeness (QED) is 0.316. The highest BCUT2D eigenvalue weighted by molar-refractivity contribution is 6.05. The van der Waals surface area contributed by atoms with Gasteiger partial charge in [0.2, 0.25) is 0 Å². The van der Waals surface area contributed by atoms with Crippen LogP contribution in [0.4, 0.5) is 0 Å². The van der Waals surface area contributed by atoms with E-state index in [4.69, 9.17) is 4.74 Å². The number of ether oxygens (including phenoxy) is 1. The van der Waals surface area contributed by atoms with Crippen molar-refractivity contribution >= 4 is 28.9 Å². The number of benzene rings is 3. The number of amides is 2. The van der Waals surface area contributed by atoms with Crippen molar-refractivity contribution in [2.75, 3.05) is 6.54 Å². The summed E-state index contributed by atoms with van der Waals surface area (Å²) in [5.41, 5.74) is 3.22. The summed E-state index contributed by atoms with van der Waals surface area (Å²) in [4.78, 5) is 33.6. The fraction of sp³-hybridized carbons (Fsp3) is 0.179. The predicted molar refractivity (Wildman–Crippen MR) is 137 cm³/mol. The Morgan fingerprint density at radius 1 is 0.971 bits per heavy atom. The molecular formula is C28H28N4O3. The van der Waals surface area contributed by atoms with Gasteiger partial charge in [-0.3, -0.25) is 9.59 Å². The van der Waals surface area contributed by atoms with Crippen LogP contribution in [0.2, 0.25) is 0 Å². The Kier molecular flexibility index (Phi) is 7.57. The number of aromatic nitrogens is 2. The van der Waals surface area contributed by atoms with Crippen LogP contribution in [0.25, 0.3) is 17.1 Å². The maximum absolute atomic E-state index is 13.0. The summed E-state index contributed by atoms with van der Waals surface area (Å²) in [6.07, 6.45) is 2.24. The van der Waals surface area contributed by atoms with Gasteiger partial charge in [0.05, 0.1) is 17.1 Å². The Morgan fingerprint density at radius 2 is 1.69 bits per heavy atom. The first-order valence-corrected chi connectivity index (χ1v) is 11.5. The number of nitrogens with one attached hydrogen (secondary N) is 3. The molecule has 4 rings (SSSR count). The Labute approximate surface area is 204 Å². The minimum atomic E-state index is -0.382. The van der Waals surface area contributed by atoms with E-state index in [2.05, 4.69) is 20.6 Å². The Bertz CT molecular complexity index is 1290. The van der Waals surface area contributed by atoms with E-state index in [0.717, 1.165) is 28.2 Å². The van der Waals surface area contributed by atoms with Crippen molar-refractivity contribution in [1.29, 1.82) is 0 Å². The van der Waals surface area contributed by atoms with Crippen LogP contribution in [0.1, 0.15) is 35.6 Å². The zero-order valence-electron chi connectivity index (χ0n) is 19.7. The Balaban J connectivity index is 1.47. The van der Waals surface area contributed by atoms with Gasteiger partial charge in [-0.15, -0.1) is 0 Å². The number of carbonyl (C=O) groups excluding carboxylic acids is 2. The van der Waals surface area contributed by atoms with Crippen LogP contribution in [0.15, 0.2) is 84.6 Å². The third-order valence-corrected chi connectivity index (χ3v) is 5.18. The van der Waals surface area contributed by atoms with E-state index in [0.29, 0.717) is 18.5 Å². The van der Waals surface area contributed by atoms with Gasteiger partial charge in [-0.05, 0) is 61.9 Å². The Hall–Kier alpha value is -4.39. The molecule has 0 radical (unpaired) electrons. The largest absolute Gasteiger partial charge is 0.491 e. The van der Waals surface area contributed by atoms with Crippen LogP contribution in [-0.4, -0.2) is 34.4 Å². The molecule has 0 aliphatic rings. The molecule has 3 aromatic carbocycles. The van der Waals surface area contributed by atoms with Crippen LogP contribution in [0, 0.1) is 0 Å². The molecule has 0 spiro atoms. The molecule has 1 heterocycles. The molecule has 7 nitrogen and oxygen atoms in total. The molecule has 4 aromatic rings. The maximum atomic E-state index is 13.0. The number of rotatable bonds is 9. The normalized spacial score (nSPS) is 11.5. The van der Waals surface area contributed by atoms with Gasteiger partial charge >= 0.3 is 0 Å². The smallest absolute Gasteiger partial charge is 0.267 e. The summed E-state index contributed by atoms with van der Waals surface area (Å²) in [5.74, 6) is 0.783. The fourth-order valence-electron chi connectivity index (χ4n) is 3.54. The first-order chi connectivity index (χ1) is 17.0. The van der Waals surface area contributed by atoms with E-state index < -0.39 is 0 Å². The number of hydrogen-bond acceptors (Lipinski definition) is 4. The average Bonchev–Trinajstić information content (AvgIpc) is 3.27. The topological polar surface area (TPSA) is 96.1 Å². The van der Waals surface area contributed by atoms with Crippen molar-refractivity contribution in [1.82, 2.24) is 20.6 Å². The van der Waals surface area contributed by atoms with Crippen molar-refractivity contribution in [3.05, 3.63) is 102 Å². The van der Waals surface area contributed by atoms with Crippen molar-refractivity contribution in [3.63, 3.8) is 0 Å². The minimum Gasteiger partial charge on any atom is -0.491 e. The molecule has 3 N–H and O–H groups in total. The molecule has 0 saturated carbocycles. The summed E-state index contributed by atoms with van der Waals surface area (Å²) in [7, 11) is 0. The number of nitrogens with zero attached hydrogens (tertiary/aromatic N) is 1. The fourth-order valence-corrected chi connectivity index (χ4v) is 3.54. The van der Waals surface area contributed by atoms with Crippen molar-refractivity contribution in [2.45, 2.75) is 26.4 Å². The number of H-pyrrole nitrogens is 1. The third kappa shape index (κ3) is 6.57. The monoisotopic (exact) mass is 468 g/mol. The standard InChI is InChI=1S/C28H28N4O3/c1-19(2)35-22-14-12-20(13-15-22)18-25(32-27(33)21-8-4-3-5-9-21)28(34)29-17-16-26-30-23-10-6-7-11-24(23)31-26/h3-15,18-19H,16-17H2,1-2H3,(H,29,34)(H,30,31)(H,32,33). The van der Waals surface area contributed by atoms with Gasteiger partial charge in [-0.2, -0.15) is 0 Å². The number of fused-ring (bicyclic) bond motifs is 1. The van der Waals surface area contributed by atoms with Gasteiger partial charge in [0, 0.05) is 18.5 Å². The molecule has 7 heteroatoms. The van der Waals surface area contributed by atoms with Crippen LogP contribution in [-0.2, 0) is 11.2 Å². The molecule has 0 unspecified atom stereocenters. The van der Waals surface area contributed by atoms with E-state index in [-0.39, 0.29) is 23.6 Å². The highest BCUT2D eigenvalue weighted by Gasteiger charge is 2.15. The summed E-state index contributed by atoms with van der Waals surface area (Å²) in [6.45, 7) is 4.28. The number of hydrogen-bond donors (Lipinski definition) is 3. The van der Waals surface area contributed by atoms with Gasteiger partial charge in [0.15, 0.2) is 0 Å². The Morgan fingerprint density at radius 3 is 2.40 bits per heavy atom. The molecule has 2 amide bonds. The van der Waals surface area contributed by atoms with Gasteiger partial charge in [0.1, 0.15) is 17.3 Å². The minimum absolute atomic E-state index is 0.0645. The number of aromatic amines is 1. The van der Waals surface area contributed by atoms with Crippen LogP contribution < -0.4 is 15.4 Å². The van der Waals surface area contributed by atoms with E-state index in [1.54, 1.807) is 30.3 Å². The average molecular weight is 469 g/mol. The molecule has 0 bridgehead atoms. The van der Waals surface area contributed by atoms with Crippen LogP contribution in [0.5, 0.6) is 5.75 Å². The molecular weight excluding hydrogens is 440 g/mol. The second-order valence-electron chi connectivity index (χ2n) is 8.32. The van der Waals surface area contributed by atoms with Crippen LogP contribution in [0.3, 0.4) is 0 Å². The number of imidazole rings is 1.